The standard InChI is InChI=1S/C24H16F4N2O2S/c25-18-7-9-19(10-8-18)29-22(31)21-14-33-23(30-21)16-4-2-6-20(12-16)32-13-15-3-1-5-17(11-15)24(26,27)28/h1-12,14H,13H2,(H,29,31). The van der Waals surface area contributed by atoms with Crippen LogP contribution < -0.4 is 10.1 Å². The Hall–Kier alpha value is -3.72. The first-order chi connectivity index (χ1) is 15.8. The molecule has 4 rings (SSSR count). The molecule has 0 saturated heterocycles. The molecule has 0 radical (unpaired) electrons. The molecule has 0 aliphatic carbocycles. The van der Waals surface area contributed by atoms with Crippen molar-refractivity contribution in [3.05, 3.63) is 101 Å². The molecule has 0 saturated carbocycles. The number of carbonyl (C=O) groups is 1. The van der Waals surface area contributed by atoms with E-state index in [1.54, 1.807) is 35.7 Å². The van der Waals surface area contributed by atoms with Crippen LogP contribution in [-0.4, -0.2) is 10.9 Å². The Morgan fingerprint density at radius 2 is 1.76 bits per heavy atom. The molecule has 9 heteroatoms. The first kappa shape index (κ1) is 22.5. The molecule has 4 aromatic rings. The average Bonchev–Trinajstić information content (AvgIpc) is 3.30. The second-order valence-corrected chi connectivity index (χ2v) is 7.87. The van der Waals surface area contributed by atoms with Gasteiger partial charge in [-0.2, -0.15) is 13.2 Å². The Morgan fingerprint density at radius 3 is 2.52 bits per heavy atom. The number of hydrogen-bond donors (Lipinski definition) is 1. The summed E-state index contributed by atoms with van der Waals surface area (Å²) in [5.41, 5.74) is 1.01. The van der Waals surface area contributed by atoms with Crippen molar-refractivity contribution in [3.8, 4) is 16.3 Å². The smallest absolute Gasteiger partial charge is 0.416 e. The van der Waals surface area contributed by atoms with Crippen LogP contribution in [0.1, 0.15) is 21.6 Å². The first-order valence-electron chi connectivity index (χ1n) is 9.70. The van der Waals surface area contributed by atoms with Gasteiger partial charge in [0, 0.05) is 16.6 Å². The Kier molecular flexibility index (Phi) is 6.41. The molecule has 0 fully saturated rings. The van der Waals surface area contributed by atoms with E-state index in [0.29, 0.717) is 27.6 Å². The first-order valence-corrected chi connectivity index (χ1v) is 10.6. The van der Waals surface area contributed by atoms with Gasteiger partial charge < -0.3 is 10.1 Å². The van der Waals surface area contributed by atoms with Gasteiger partial charge in [-0.1, -0.05) is 24.3 Å². The van der Waals surface area contributed by atoms with Gasteiger partial charge in [-0.3, -0.25) is 4.79 Å². The third-order valence-electron chi connectivity index (χ3n) is 4.58. The number of carbonyl (C=O) groups excluding carboxylic acids is 1. The van der Waals surface area contributed by atoms with Crippen LogP contribution in [0.2, 0.25) is 0 Å². The predicted molar refractivity (Wildman–Crippen MR) is 118 cm³/mol. The number of hydrogen-bond acceptors (Lipinski definition) is 4. The highest BCUT2D eigenvalue weighted by Crippen LogP contribution is 2.30. The molecule has 33 heavy (non-hydrogen) atoms. The molecule has 0 aliphatic heterocycles. The van der Waals surface area contributed by atoms with Gasteiger partial charge >= 0.3 is 6.18 Å². The number of nitrogens with one attached hydrogen (secondary N) is 1. The fraction of sp³-hybridized carbons (Fsp3) is 0.0833. The number of nitrogens with zero attached hydrogens (tertiary/aromatic N) is 1. The van der Waals surface area contributed by atoms with Crippen LogP contribution in [0.15, 0.2) is 78.2 Å². The largest absolute Gasteiger partial charge is 0.489 e. The van der Waals surface area contributed by atoms with Crippen molar-refractivity contribution >= 4 is 22.9 Å². The van der Waals surface area contributed by atoms with Crippen LogP contribution in [0.4, 0.5) is 23.2 Å². The van der Waals surface area contributed by atoms with Gasteiger partial charge in [-0.25, -0.2) is 9.37 Å². The van der Waals surface area contributed by atoms with Crippen molar-refractivity contribution in [2.24, 2.45) is 0 Å². The minimum Gasteiger partial charge on any atom is -0.489 e. The molecule has 0 aliphatic rings. The minimum atomic E-state index is -4.42. The van der Waals surface area contributed by atoms with Crippen molar-refractivity contribution in [2.75, 3.05) is 5.32 Å². The minimum absolute atomic E-state index is 0.0312. The predicted octanol–water partition coefficient (Wildman–Crippen LogP) is 6.80. The van der Waals surface area contributed by atoms with Crippen LogP contribution >= 0.6 is 11.3 Å². The van der Waals surface area contributed by atoms with Crippen molar-refractivity contribution in [2.45, 2.75) is 12.8 Å². The molecular weight excluding hydrogens is 456 g/mol. The molecule has 0 unspecified atom stereocenters. The second kappa shape index (κ2) is 9.41. The Morgan fingerprint density at radius 1 is 1.00 bits per heavy atom. The summed E-state index contributed by atoms with van der Waals surface area (Å²) in [6, 6.07) is 17.3. The van der Waals surface area contributed by atoms with Crippen LogP contribution in [-0.2, 0) is 12.8 Å². The number of thiazole rings is 1. The zero-order valence-corrected chi connectivity index (χ0v) is 17.7. The van der Waals surface area contributed by atoms with Gasteiger partial charge in [0.2, 0.25) is 0 Å². The molecule has 1 N–H and O–H groups in total. The fourth-order valence-electron chi connectivity index (χ4n) is 2.96. The Bertz CT molecular complexity index is 1270. The molecule has 3 aromatic carbocycles. The van der Waals surface area contributed by atoms with Crippen LogP contribution in [0.5, 0.6) is 5.75 Å². The van der Waals surface area contributed by atoms with Gasteiger partial charge in [0.25, 0.3) is 5.91 Å². The van der Waals surface area contributed by atoms with E-state index in [1.165, 1.54) is 41.7 Å². The van der Waals surface area contributed by atoms with Crippen LogP contribution in [0.3, 0.4) is 0 Å². The number of aromatic nitrogens is 1. The lowest BCUT2D eigenvalue weighted by Crippen LogP contribution is -2.12. The summed E-state index contributed by atoms with van der Waals surface area (Å²) in [5, 5.41) is 4.82. The zero-order chi connectivity index (χ0) is 23.4. The topological polar surface area (TPSA) is 51.2 Å². The van der Waals surface area contributed by atoms with Crippen molar-refractivity contribution in [1.82, 2.24) is 4.98 Å². The average molecular weight is 472 g/mol. The molecular formula is C24H16F4N2O2S. The maximum atomic E-state index is 13.0. The van der Waals surface area contributed by atoms with Gasteiger partial charge in [-0.15, -0.1) is 11.3 Å². The quantitative estimate of drug-likeness (QED) is 0.314. The summed E-state index contributed by atoms with van der Waals surface area (Å²) in [6.07, 6.45) is -4.42. The van der Waals surface area contributed by atoms with E-state index in [-0.39, 0.29) is 12.3 Å². The van der Waals surface area contributed by atoms with E-state index >= 15 is 0 Å². The molecule has 0 bridgehead atoms. The van der Waals surface area contributed by atoms with E-state index in [1.807, 2.05) is 0 Å². The van der Waals surface area contributed by atoms with Crippen molar-refractivity contribution < 1.29 is 27.1 Å². The lowest BCUT2D eigenvalue weighted by Gasteiger charge is -2.10. The number of halogens is 4. The number of alkyl halides is 3. The lowest BCUT2D eigenvalue weighted by molar-refractivity contribution is -0.137. The highest BCUT2D eigenvalue weighted by molar-refractivity contribution is 7.13. The summed E-state index contributed by atoms with van der Waals surface area (Å²) in [7, 11) is 0. The molecule has 1 aromatic heterocycles. The third-order valence-corrected chi connectivity index (χ3v) is 5.47. The van der Waals surface area contributed by atoms with Crippen molar-refractivity contribution in [3.63, 3.8) is 0 Å². The normalized spacial score (nSPS) is 11.3. The van der Waals surface area contributed by atoms with Gasteiger partial charge in [-0.05, 0) is 54.1 Å². The lowest BCUT2D eigenvalue weighted by atomic mass is 10.1. The fourth-order valence-corrected chi connectivity index (χ4v) is 3.76. The summed E-state index contributed by atoms with van der Waals surface area (Å²) >= 11 is 1.26. The van der Waals surface area contributed by atoms with Gasteiger partial charge in [0.15, 0.2) is 0 Å². The summed E-state index contributed by atoms with van der Waals surface area (Å²) in [4.78, 5) is 16.7. The summed E-state index contributed by atoms with van der Waals surface area (Å²) in [6.45, 7) is -0.0312. The molecule has 1 heterocycles. The zero-order valence-electron chi connectivity index (χ0n) is 16.9. The monoisotopic (exact) mass is 472 g/mol. The maximum absolute atomic E-state index is 13.0. The van der Waals surface area contributed by atoms with E-state index < -0.39 is 23.5 Å². The third kappa shape index (κ3) is 5.75. The van der Waals surface area contributed by atoms with E-state index in [4.69, 9.17) is 4.74 Å². The maximum Gasteiger partial charge on any atom is 0.416 e. The molecule has 0 spiro atoms. The summed E-state index contributed by atoms with van der Waals surface area (Å²) in [5.74, 6) is -0.377. The van der Waals surface area contributed by atoms with E-state index in [0.717, 1.165) is 12.1 Å². The van der Waals surface area contributed by atoms with E-state index in [9.17, 15) is 22.4 Å². The SMILES string of the molecule is O=C(Nc1ccc(F)cc1)c1csc(-c2cccc(OCc3cccc(C(F)(F)F)c3)c2)n1. The Balaban J connectivity index is 1.43. The highest BCUT2D eigenvalue weighted by Gasteiger charge is 2.30. The summed E-state index contributed by atoms with van der Waals surface area (Å²) < 4.78 is 57.3. The highest BCUT2D eigenvalue weighted by atomic mass is 32.1. The number of ether oxygens (including phenoxy) is 1. The Labute approximate surface area is 190 Å². The molecule has 4 nitrogen and oxygen atoms in total. The number of amides is 1. The van der Waals surface area contributed by atoms with Crippen molar-refractivity contribution in [1.29, 1.82) is 0 Å². The number of anilines is 1. The van der Waals surface area contributed by atoms with Crippen LogP contribution in [0, 0.1) is 5.82 Å². The number of benzene rings is 3. The molecule has 1 amide bonds. The molecule has 168 valence electrons. The number of rotatable bonds is 6. The van der Waals surface area contributed by atoms with Gasteiger partial charge in [0.05, 0.1) is 5.56 Å². The van der Waals surface area contributed by atoms with Crippen LogP contribution in [0.25, 0.3) is 10.6 Å². The molecule has 0 atom stereocenters. The van der Waals surface area contributed by atoms with E-state index in [2.05, 4.69) is 10.3 Å². The van der Waals surface area contributed by atoms with Gasteiger partial charge in [0.1, 0.15) is 28.9 Å². The second-order valence-electron chi connectivity index (χ2n) is 7.01.